The smallest absolute Gasteiger partial charge is 0.273 e. The largest absolute Gasteiger partial charge is 0.327 e. The van der Waals surface area contributed by atoms with E-state index in [1.165, 1.54) is 0 Å². The fourth-order valence-electron chi connectivity index (χ4n) is 3.10. The molecule has 0 spiro atoms. The molecule has 23 heavy (non-hydrogen) atoms. The van der Waals surface area contributed by atoms with Gasteiger partial charge in [-0.1, -0.05) is 23.8 Å². The van der Waals surface area contributed by atoms with Crippen LogP contribution in [0.2, 0.25) is 0 Å². The van der Waals surface area contributed by atoms with E-state index in [4.69, 9.17) is 0 Å². The van der Waals surface area contributed by atoms with Crippen LogP contribution in [0.25, 0.3) is 0 Å². The summed E-state index contributed by atoms with van der Waals surface area (Å²) in [6.07, 6.45) is 3.16. The minimum absolute atomic E-state index is 0.0352. The third-order valence-electron chi connectivity index (χ3n) is 4.36. The SMILES string of the molecule is Cc1ccc(C)c(C(=O)C2CCCN2C(=O)c2ccccn2)c1. The molecule has 1 aliphatic heterocycles. The Labute approximate surface area is 136 Å². The molecular formula is C19H20N2O2. The van der Waals surface area contributed by atoms with E-state index in [1.807, 2.05) is 32.0 Å². The monoisotopic (exact) mass is 308 g/mol. The Bertz CT molecular complexity index is 740. The molecule has 1 saturated heterocycles. The Kier molecular flexibility index (Phi) is 4.24. The second-order valence-corrected chi connectivity index (χ2v) is 6.05. The van der Waals surface area contributed by atoms with Gasteiger partial charge in [0, 0.05) is 18.3 Å². The number of aromatic nitrogens is 1. The summed E-state index contributed by atoms with van der Waals surface area (Å²) in [5.74, 6) is -0.125. The molecule has 0 N–H and O–H groups in total. The maximum Gasteiger partial charge on any atom is 0.273 e. The second-order valence-electron chi connectivity index (χ2n) is 6.05. The van der Waals surface area contributed by atoms with Crippen molar-refractivity contribution >= 4 is 11.7 Å². The van der Waals surface area contributed by atoms with Crippen LogP contribution in [0, 0.1) is 13.8 Å². The first-order valence-electron chi connectivity index (χ1n) is 7.91. The molecule has 0 saturated carbocycles. The number of carbonyl (C=O) groups excluding carboxylic acids is 2. The third kappa shape index (κ3) is 3.02. The highest BCUT2D eigenvalue weighted by Crippen LogP contribution is 2.24. The van der Waals surface area contributed by atoms with Crippen LogP contribution in [-0.2, 0) is 0 Å². The molecule has 2 heterocycles. The Balaban J connectivity index is 1.88. The van der Waals surface area contributed by atoms with E-state index < -0.39 is 0 Å². The van der Waals surface area contributed by atoms with Gasteiger partial charge in [-0.15, -0.1) is 0 Å². The number of benzene rings is 1. The Hall–Kier alpha value is -2.49. The van der Waals surface area contributed by atoms with Gasteiger partial charge in [0.25, 0.3) is 5.91 Å². The average molecular weight is 308 g/mol. The number of hydrogen-bond acceptors (Lipinski definition) is 3. The number of carbonyl (C=O) groups is 2. The summed E-state index contributed by atoms with van der Waals surface area (Å²) in [6, 6.07) is 10.8. The minimum Gasteiger partial charge on any atom is -0.327 e. The fraction of sp³-hybridized carbons (Fsp3) is 0.316. The molecule has 1 aliphatic rings. The van der Waals surface area contributed by atoms with Crippen LogP contribution in [0.15, 0.2) is 42.6 Å². The van der Waals surface area contributed by atoms with Crippen molar-refractivity contribution in [3.05, 3.63) is 65.0 Å². The lowest BCUT2D eigenvalue weighted by atomic mass is 9.96. The van der Waals surface area contributed by atoms with Gasteiger partial charge in [-0.25, -0.2) is 0 Å². The van der Waals surface area contributed by atoms with Crippen molar-refractivity contribution in [1.29, 1.82) is 0 Å². The number of pyridine rings is 1. The zero-order valence-electron chi connectivity index (χ0n) is 13.5. The molecule has 4 heteroatoms. The molecule has 1 fully saturated rings. The number of nitrogens with zero attached hydrogens (tertiary/aromatic N) is 2. The molecule has 0 radical (unpaired) electrons. The number of rotatable bonds is 3. The van der Waals surface area contributed by atoms with Crippen LogP contribution in [0.4, 0.5) is 0 Å². The van der Waals surface area contributed by atoms with Gasteiger partial charge < -0.3 is 4.90 Å². The van der Waals surface area contributed by atoms with Crippen molar-refractivity contribution in [3.63, 3.8) is 0 Å². The van der Waals surface area contributed by atoms with Crippen LogP contribution in [0.5, 0.6) is 0 Å². The molecule has 4 nitrogen and oxygen atoms in total. The van der Waals surface area contributed by atoms with E-state index in [2.05, 4.69) is 4.98 Å². The predicted octanol–water partition coefficient (Wildman–Crippen LogP) is 3.19. The average Bonchev–Trinajstić information content (AvgIpc) is 3.06. The maximum atomic E-state index is 13.0. The van der Waals surface area contributed by atoms with E-state index >= 15 is 0 Å². The number of Topliss-reactive ketones (excluding diaryl/α,β-unsaturated/α-hetero) is 1. The van der Waals surface area contributed by atoms with Gasteiger partial charge in [-0.05, 0) is 50.5 Å². The zero-order chi connectivity index (χ0) is 16.4. The molecule has 3 rings (SSSR count). The van der Waals surface area contributed by atoms with Crippen molar-refractivity contribution in [1.82, 2.24) is 9.88 Å². The molecule has 1 aromatic carbocycles. The molecule has 1 amide bonds. The van der Waals surface area contributed by atoms with Gasteiger partial charge in [-0.2, -0.15) is 0 Å². The van der Waals surface area contributed by atoms with Gasteiger partial charge >= 0.3 is 0 Å². The first-order chi connectivity index (χ1) is 11.1. The molecule has 2 aromatic rings. The zero-order valence-corrected chi connectivity index (χ0v) is 13.5. The molecule has 1 unspecified atom stereocenters. The van der Waals surface area contributed by atoms with E-state index in [1.54, 1.807) is 29.3 Å². The lowest BCUT2D eigenvalue weighted by Crippen LogP contribution is -2.41. The molecule has 118 valence electrons. The van der Waals surface area contributed by atoms with Crippen molar-refractivity contribution in [2.24, 2.45) is 0 Å². The summed E-state index contributed by atoms with van der Waals surface area (Å²) < 4.78 is 0. The van der Waals surface area contributed by atoms with Gasteiger partial charge in [-0.3, -0.25) is 14.6 Å². The molecule has 0 bridgehead atoms. The van der Waals surface area contributed by atoms with Gasteiger partial charge in [0.1, 0.15) is 5.69 Å². The van der Waals surface area contributed by atoms with Crippen molar-refractivity contribution in [2.45, 2.75) is 32.7 Å². The molecular weight excluding hydrogens is 288 g/mol. The van der Waals surface area contributed by atoms with E-state index in [0.717, 1.165) is 23.1 Å². The number of aryl methyl sites for hydroxylation is 2. The number of ketones is 1. The molecule has 1 atom stereocenters. The fourth-order valence-corrected chi connectivity index (χ4v) is 3.10. The predicted molar refractivity (Wildman–Crippen MR) is 88.5 cm³/mol. The molecule has 1 aromatic heterocycles. The number of likely N-dealkylation sites (tertiary alicyclic amines) is 1. The lowest BCUT2D eigenvalue weighted by molar-refractivity contribution is 0.0667. The van der Waals surface area contributed by atoms with Crippen LogP contribution < -0.4 is 0 Å². The highest BCUT2D eigenvalue weighted by molar-refractivity contribution is 6.05. The normalized spacial score (nSPS) is 17.3. The first-order valence-corrected chi connectivity index (χ1v) is 7.91. The van der Waals surface area contributed by atoms with Crippen molar-refractivity contribution < 1.29 is 9.59 Å². The van der Waals surface area contributed by atoms with E-state index in [9.17, 15) is 9.59 Å². The standard InChI is InChI=1S/C19H20N2O2/c1-13-8-9-14(2)15(12-13)18(22)17-7-5-11-21(17)19(23)16-6-3-4-10-20-16/h3-4,6,8-10,12,17H,5,7,11H2,1-2H3. The minimum atomic E-state index is -0.384. The van der Waals surface area contributed by atoms with Gasteiger partial charge in [0.05, 0.1) is 6.04 Å². The van der Waals surface area contributed by atoms with Crippen LogP contribution >= 0.6 is 0 Å². The van der Waals surface area contributed by atoms with Crippen LogP contribution in [0.1, 0.15) is 44.8 Å². The van der Waals surface area contributed by atoms with Gasteiger partial charge in [0.2, 0.25) is 0 Å². The molecule has 0 aliphatic carbocycles. The first kappa shape index (κ1) is 15.4. The Morgan fingerprint density at radius 2 is 2.00 bits per heavy atom. The van der Waals surface area contributed by atoms with Crippen molar-refractivity contribution in [3.8, 4) is 0 Å². The number of hydrogen-bond donors (Lipinski definition) is 0. The van der Waals surface area contributed by atoms with Gasteiger partial charge in [0.15, 0.2) is 5.78 Å². The summed E-state index contributed by atoms with van der Waals surface area (Å²) in [6.45, 7) is 4.52. The van der Waals surface area contributed by atoms with Crippen LogP contribution in [-0.4, -0.2) is 34.2 Å². The number of amides is 1. The third-order valence-corrected chi connectivity index (χ3v) is 4.36. The Morgan fingerprint density at radius 3 is 2.74 bits per heavy atom. The highest BCUT2D eigenvalue weighted by Gasteiger charge is 2.35. The summed E-state index contributed by atoms with van der Waals surface area (Å²) >= 11 is 0. The summed E-state index contributed by atoms with van der Waals surface area (Å²) in [5.41, 5.74) is 3.13. The summed E-state index contributed by atoms with van der Waals surface area (Å²) in [4.78, 5) is 31.4. The maximum absolute atomic E-state index is 13.0. The quantitative estimate of drug-likeness (QED) is 0.818. The topological polar surface area (TPSA) is 50.3 Å². The van der Waals surface area contributed by atoms with E-state index in [0.29, 0.717) is 18.7 Å². The summed E-state index contributed by atoms with van der Waals surface area (Å²) in [7, 11) is 0. The second kappa shape index (κ2) is 6.32. The summed E-state index contributed by atoms with van der Waals surface area (Å²) in [5, 5.41) is 0. The highest BCUT2D eigenvalue weighted by atomic mass is 16.2. The van der Waals surface area contributed by atoms with Crippen molar-refractivity contribution in [2.75, 3.05) is 6.54 Å². The van der Waals surface area contributed by atoms with E-state index in [-0.39, 0.29) is 17.7 Å². The Morgan fingerprint density at radius 1 is 1.17 bits per heavy atom. The van der Waals surface area contributed by atoms with Crippen LogP contribution in [0.3, 0.4) is 0 Å². The lowest BCUT2D eigenvalue weighted by Gasteiger charge is -2.24.